The van der Waals surface area contributed by atoms with Crippen LogP contribution in [0.25, 0.3) is 0 Å². The number of carbonyl (C=O) groups excluding carboxylic acids is 2. The van der Waals surface area contributed by atoms with Gasteiger partial charge in [0, 0.05) is 27.0 Å². The number of carbonyl (C=O) groups is 2. The third-order valence-electron chi connectivity index (χ3n) is 3.52. The van der Waals surface area contributed by atoms with E-state index >= 15 is 0 Å². The number of amides is 2. The van der Waals surface area contributed by atoms with Crippen molar-refractivity contribution in [1.29, 1.82) is 0 Å². The van der Waals surface area contributed by atoms with Crippen LogP contribution in [0.3, 0.4) is 0 Å². The number of rotatable bonds is 4. The number of hydrogen-bond donors (Lipinski definition) is 2. The maximum atomic E-state index is 12.3. The molecule has 0 radical (unpaired) electrons. The summed E-state index contributed by atoms with van der Waals surface area (Å²) in [7, 11) is 0. The first-order valence-corrected chi connectivity index (χ1v) is 8.44. The van der Waals surface area contributed by atoms with Crippen LogP contribution >= 0.6 is 15.9 Å². The van der Waals surface area contributed by atoms with E-state index in [0.717, 1.165) is 10.2 Å². The first-order valence-electron chi connectivity index (χ1n) is 7.65. The van der Waals surface area contributed by atoms with Crippen molar-refractivity contribution < 1.29 is 9.59 Å². The zero-order chi connectivity index (χ0) is 17.6. The van der Waals surface area contributed by atoms with Crippen LogP contribution in [-0.2, 0) is 0 Å². The number of hydrogen-bond acceptors (Lipinski definition) is 2. The molecule has 0 unspecified atom stereocenters. The van der Waals surface area contributed by atoms with Crippen LogP contribution < -0.4 is 10.6 Å². The molecule has 4 nitrogen and oxygen atoms in total. The Morgan fingerprint density at radius 1 is 0.640 bits per heavy atom. The van der Waals surface area contributed by atoms with Gasteiger partial charge in [-0.05, 0) is 54.6 Å². The second-order valence-corrected chi connectivity index (χ2v) is 6.28. The normalized spacial score (nSPS) is 10.1. The number of benzene rings is 3. The minimum Gasteiger partial charge on any atom is -0.322 e. The molecule has 0 saturated heterocycles. The molecule has 0 spiro atoms. The van der Waals surface area contributed by atoms with Crippen LogP contribution in [0.5, 0.6) is 0 Å². The molecule has 0 heterocycles. The average Bonchev–Trinajstić information content (AvgIpc) is 2.62. The molecule has 0 fully saturated rings. The summed E-state index contributed by atoms with van der Waals surface area (Å²) in [4.78, 5) is 24.5. The largest absolute Gasteiger partial charge is 0.322 e. The predicted octanol–water partition coefficient (Wildman–Crippen LogP) is 4.95. The van der Waals surface area contributed by atoms with Crippen LogP contribution in [-0.4, -0.2) is 11.8 Å². The molecule has 0 aliphatic carbocycles. The Morgan fingerprint density at radius 2 is 1.16 bits per heavy atom. The highest BCUT2D eigenvalue weighted by molar-refractivity contribution is 9.10. The first-order chi connectivity index (χ1) is 12.1. The molecule has 0 bridgehead atoms. The minimum absolute atomic E-state index is 0.217. The van der Waals surface area contributed by atoms with E-state index < -0.39 is 0 Å². The standard InChI is InChI=1S/C20H15BrN2O2/c21-16-5-4-8-18(13-16)23-20(25)15-11-9-14(10-12-15)19(24)22-17-6-2-1-3-7-17/h1-13H,(H,22,24)(H,23,25). The molecule has 0 atom stereocenters. The molecule has 124 valence electrons. The molecule has 3 rings (SSSR count). The van der Waals surface area contributed by atoms with E-state index in [0.29, 0.717) is 16.8 Å². The Balaban J connectivity index is 1.67. The first kappa shape index (κ1) is 16.9. The monoisotopic (exact) mass is 394 g/mol. The van der Waals surface area contributed by atoms with Gasteiger partial charge in [-0.2, -0.15) is 0 Å². The quantitative estimate of drug-likeness (QED) is 0.657. The van der Waals surface area contributed by atoms with Crippen LogP contribution in [0.1, 0.15) is 20.7 Å². The summed E-state index contributed by atoms with van der Waals surface area (Å²) >= 11 is 3.37. The van der Waals surface area contributed by atoms with E-state index in [1.54, 1.807) is 24.3 Å². The molecule has 0 aliphatic rings. The van der Waals surface area contributed by atoms with Gasteiger partial charge < -0.3 is 10.6 Å². The Labute approximate surface area is 154 Å². The molecule has 3 aromatic rings. The summed E-state index contributed by atoms with van der Waals surface area (Å²) in [6.45, 7) is 0. The van der Waals surface area contributed by atoms with Crippen molar-refractivity contribution in [3.8, 4) is 0 Å². The summed E-state index contributed by atoms with van der Waals surface area (Å²) < 4.78 is 0.887. The van der Waals surface area contributed by atoms with Crippen LogP contribution in [0.2, 0.25) is 0 Å². The zero-order valence-corrected chi connectivity index (χ0v) is 14.8. The highest BCUT2D eigenvalue weighted by Crippen LogP contribution is 2.17. The van der Waals surface area contributed by atoms with Gasteiger partial charge in [0.15, 0.2) is 0 Å². The van der Waals surface area contributed by atoms with E-state index in [9.17, 15) is 9.59 Å². The maximum absolute atomic E-state index is 12.3. The molecule has 0 aliphatic heterocycles. The Morgan fingerprint density at radius 3 is 1.72 bits per heavy atom. The van der Waals surface area contributed by atoms with Crippen molar-refractivity contribution >= 4 is 39.1 Å². The van der Waals surface area contributed by atoms with Crippen molar-refractivity contribution in [3.05, 3.63) is 94.5 Å². The molecule has 3 aromatic carbocycles. The van der Waals surface area contributed by atoms with Gasteiger partial charge in [-0.3, -0.25) is 9.59 Å². The highest BCUT2D eigenvalue weighted by Gasteiger charge is 2.09. The van der Waals surface area contributed by atoms with Crippen LogP contribution in [0.15, 0.2) is 83.3 Å². The van der Waals surface area contributed by atoms with E-state index in [4.69, 9.17) is 0 Å². The lowest BCUT2D eigenvalue weighted by Crippen LogP contribution is -2.14. The molecule has 0 aromatic heterocycles. The summed E-state index contributed by atoms with van der Waals surface area (Å²) in [6.07, 6.45) is 0. The lowest BCUT2D eigenvalue weighted by atomic mass is 10.1. The van der Waals surface area contributed by atoms with Gasteiger partial charge in [0.25, 0.3) is 11.8 Å². The molecule has 0 saturated carbocycles. The minimum atomic E-state index is -0.229. The fourth-order valence-corrected chi connectivity index (χ4v) is 2.67. The fraction of sp³-hybridized carbons (Fsp3) is 0. The SMILES string of the molecule is O=C(Nc1ccccc1)c1ccc(C(=O)Nc2cccc(Br)c2)cc1. The van der Waals surface area contributed by atoms with Gasteiger partial charge in [-0.25, -0.2) is 0 Å². The Hall–Kier alpha value is -2.92. The lowest BCUT2D eigenvalue weighted by molar-refractivity contribution is 0.101. The molecular weight excluding hydrogens is 380 g/mol. The van der Waals surface area contributed by atoms with Gasteiger partial charge in [-0.15, -0.1) is 0 Å². The zero-order valence-electron chi connectivity index (χ0n) is 13.2. The summed E-state index contributed by atoms with van der Waals surface area (Å²) in [6, 6.07) is 23.1. The van der Waals surface area contributed by atoms with Gasteiger partial charge >= 0.3 is 0 Å². The summed E-state index contributed by atoms with van der Waals surface area (Å²) in [5.41, 5.74) is 2.40. The molecule has 5 heteroatoms. The second kappa shape index (κ2) is 7.77. The number of anilines is 2. The fourth-order valence-electron chi connectivity index (χ4n) is 2.27. The number of nitrogens with one attached hydrogen (secondary N) is 2. The van der Waals surface area contributed by atoms with Crippen molar-refractivity contribution in [3.63, 3.8) is 0 Å². The maximum Gasteiger partial charge on any atom is 0.255 e. The van der Waals surface area contributed by atoms with Crippen LogP contribution in [0, 0.1) is 0 Å². The topological polar surface area (TPSA) is 58.2 Å². The Bertz CT molecular complexity index is 893. The van der Waals surface area contributed by atoms with Crippen molar-refractivity contribution in [2.45, 2.75) is 0 Å². The Kier molecular flexibility index (Phi) is 5.26. The van der Waals surface area contributed by atoms with E-state index in [2.05, 4.69) is 26.6 Å². The van der Waals surface area contributed by atoms with Crippen molar-refractivity contribution in [1.82, 2.24) is 0 Å². The summed E-state index contributed by atoms with van der Waals surface area (Å²) in [5, 5.41) is 5.63. The third-order valence-corrected chi connectivity index (χ3v) is 4.02. The lowest BCUT2D eigenvalue weighted by Gasteiger charge is -2.07. The van der Waals surface area contributed by atoms with Gasteiger partial charge in [0.1, 0.15) is 0 Å². The second-order valence-electron chi connectivity index (χ2n) is 5.36. The average molecular weight is 395 g/mol. The van der Waals surface area contributed by atoms with Gasteiger partial charge in [-0.1, -0.05) is 40.2 Å². The number of para-hydroxylation sites is 1. The molecule has 2 amide bonds. The third kappa shape index (κ3) is 4.55. The molecular formula is C20H15BrN2O2. The van der Waals surface area contributed by atoms with E-state index in [1.807, 2.05) is 54.6 Å². The smallest absolute Gasteiger partial charge is 0.255 e. The number of halogens is 1. The predicted molar refractivity (Wildman–Crippen MR) is 103 cm³/mol. The highest BCUT2D eigenvalue weighted by atomic mass is 79.9. The van der Waals surface area contributed by atoms with E-state index in [-0.39, 0.29) is 11.8 Å². The van der Waals surface area contributed by atoms with Crippen molar-refractivity contribution in [2.24, 2.45) is 0 Å². The van der Waals surface area contributed by atoms with Crippen molar-refractivity contribution in [2.75, 3.05) is 10.6 Å². The van der Waals surface area contributed by atoms with Gasteiger partial charge in [0.05, 0.1) is 0 Å². The summed E-state index contributed by atoms with van der Waals surface area (Å²) in [5.74, 6) is -0.446. The molecule has 25 heavy (non-hydrogen) atoms. The van der Waals surface area contributed by atoms with Crippen LogP contribution in [0.4, 0.5) is 11.4 Å². The van der Waals surface area contributed by atoms with E-state index in [1.165, 1.54) is 0 Å². The van der Waals surface area contributed by atoms with Gasteiger partial charge in [0.2, 0.25) is 0 Å². The molecule has 2 N–H and O–H groups in total.